The van der Waals surface area contributed by atoms with Crippen LogP contribution in [0.2, 0.25) is 0 Å². The first-order valence-corrected chi connectivity index (χ1v) is 13.5. The van der Waals surface area contributed by atoms with Crippen molar-refractivity contribution in [1.29, 1.82) is 0 Å². The normalized spacial score (nSPS) is 17.9. The largest absolute Gasteiger partial charge is 0.398 e. The summed E-state index contributed by atoms with van der Waals surface area (Å²) in [5.41, 5.74) is 13.4. The maximum Gasteiger partial charge on any atom is 0.0420 e. The van der Waals surface area contributed by atoms with Crippen LogP contribution < -0.4 is 5.73 Å². The Morgan fingerprint density at radius 3 is 1.71 bits per heavy atom. The quantitative estimate of drug-likeness (QED) is 0.420. The van der Waals surface area contributed by atoms with Crippen LogP contribution in [0.5, 0.6) is 0 Å². The van der Waals surface area contributed by atoms with Crippen LogP contribution in [0.3, 0.4) is 0 Å². The Balaban J connectivity index is 0. The molecule has 1 aliphatic heterocycles. The molecule has 34 heavy (non-hydrogen) atoms. The Kier molecular flexibility index (Phi) is 18.7. The molecule has 0 radical (unpaired) electrons. The van der Waals surface area contributed by atoms with Gasteiger partial charge in [-0.15, -0.1) is 0 Å². The van der Waals surface area contributed by atoms with Gasteiger partial charge in [-0.3, -0.25) is 0 Å². The smallest absolute Gasteiger partial charge is 0.0420 e. The molecule has 0 spiro atoms. The summed E-state index contributed by atoms with van der Waals surface area (Å²) in [5, 5.41) is 0. The minimum Gasteiger partial charge on any atom is -0.398 e. The SMILES string of the molecule is C=C(C)/C(N)=C(/C(=C)C)c1cccc(C)c1C.CC.CC(C)C.CCC1CN(CC)CC1CC. The highest BCUT2D eigenvalue weighted by Crippen LogP contribution is 2.30. The van der Waals surface area contributed by atoms with E-state index in [2.05, 4.69) is 85.6 Å². The number of likely N-dealkylation sites (tertiary alicyclic amines) is 1. The van der Waals surface area contributed by atoms with Crippen molar-refractivity contribution in [2.75, 3.05) is 19.6 Å². The monoisotopic (exact) mass is 470 g/mol. The van der Waals surface area contributed by atoms with Crippen molar-refractivity contribution in [2.45, 2.75) is 95.9 Å². The summed E-state index contributed by atoms with van der Waals surface area (Å²) < 4.78 is 0. The van der Waals surface area contributed by atoms with Crippen molar-refractivity contribution in [2.24, 2.45) is 23.5 Å². The van der Waals surface area contributed by atoms with Crippen molar-refractivity contribution in [3.05, 3.63) is 64.9 Å². The molecule has 0 saturated carbocycles. The highest BCUT2D eigenvalue weighted by Gasteiger charge is 2.28. The highest BCUT2D eigenvalue weighted by atomic mass is 15.1. The van der Waals surface area contributed by atoms with E-state index in [1.807, 2.05) is 33.8 Å². The van der Waals surface area contributed by atoms with Gasteiger partial charge in [0, 0.05) is 24.4 Å². The van der Waals surface area contributed by atoms with Crippen molar-refractivity contribution in [1.82, 2.24) is 4.90 Å². The van der Waals surface area contributed by atoms with Crippen molar-refractivity contribution >= 4 is 5.57 Å². The molecule has 2 N–H and O–H groups in total. The van der Waals surface area contributed by atoms with Crippen LogP contribution in [0.1, 0.15) is 98.8 Å². The third-order valence-corrected chi connectivity index (χ3v) is 6.18. The van der Waals surface area contributed by atoms with Gasteiger partial charge in [-0.1, -0.05) is 99.6 Å². The topological polar surface area (TPSA) is 29.3 Å². The summed E-state index contributed by atoms with van der Waals surface area (Å²) in [4.78, 5) is 2.59. The van der Waals surface area contributed by atoms with E-state index in [0.717, 1.165) is 45.7 Å². The zero-order valence-electron chi connectivity index (χ0n) is 24.9. The molecule has 1 aromatic rings. The summed E-state index contributed by atoms with van der Waals surface area (Å²) in [6.45, 7) is 37.4. The van der Waals surface area contributed by atoms with Crippen molar-refractivity contribution < 1.29 is 0 Å². The molecule has 196 valence electrons. The molecule has 1 heterocycles. The van der Waals surface area contributed by atoms with Crippen LogP contribution in [0.4, 0.5) is 0 Å². The number of hydrogen-bond donors (Lipinski definition) is 1. The van der Waals surface area contributed by atoms with Crippen LogP contribution in [0.25, 0.3) is 5.57 Å². The molecule has 0 aromatic heterocycles. The van der Waals surface area contributed by atoms with Gasteiger partial charge in [0.05, 0.1) is 0 Å². The third-order valence-electron chi connectivity index (χ3n) is 6.18. The Labute approximate surface area is 214 Å². The number of nitrogens with two attached hydrogens (primary N) is 1. The number of benzene rings is 1. The van der Waals surface area contributed by atoms with E-state index in [0.29, 0.717) is 0 Å². The first-order chi connectivity index (χ1) is 15.9. The van der Waals surface area contributed by atoms with Crippen LogP contribution in [-0.2, 0) is 0 Å². The average Bonchev–Trinajstić information content (AvgIpc) is 3.20. The van der Waals surface area contributed by atoms with E-state index >= 15 is 0 Å². The van der Waals surface area contributed by atoms with Crippen LogP contribution >= 0.6 is 0 Å². The lowest BCUT2D eigenvalue weighted by molar-refractivity contribution is 0.337. The fourth-order valence-corrected chi connectivity index (χ4v) is 4.06. The molecular weight excluding hydrogens is 412 g/mol. The third kappa shape index (κ3) is 12.1. The van der Waals surface area contributed by atoms with E-state index < -0.39 is 0 Å². The van der Waals surface area contributed by atoms with Gasteiger partial charge in [0.1, 0.15) is 0 Å². The Morgan fingerprint density at radius 2 is 1.38 bits per heavy atom. The Morgan fingerprint density at radius 1 is 0.941 bits per heavy atom. The van der Waals surface area contributed by atoms with Gasteiger partial charge >= 0.3 is 0 Å². The fourth-order valence-electron chi connectivity index (χ4n) is 4.06. The summed E-state index contributed by atoms with van der Waals surface area (Å²) in [5.74, 6) is 2.81. The second-order valence-electron chi connectivity index (χ2n) is 10.0. The van der Waals surface area contributed by atoms with Crippen molar-refractivity contribution in [3.63, 3.8) is 0 Å². The molecule has 1 fully saturated rings. The van der Waals surface area contributed by atoms with E-state index in [9.17, 15) is 0 Å². The maximum atomic E-state index is 6.13. The molecule has 2 atom stereocenters. The van der Waals surface area contributed by atoms with Gasteiger partial charge in [0.15, 0.2) is 0 Å². The minimum absolute atomic E-state index is 0.728. The molecule has 2 unspecified atom stereocenters. The summed E-state index contributed by atoms with van der Waals surface area (Å²) in [6.07, 6.45) is 2.74. The lowest BCUT2D eigenvalue weighted by Crippen LogP contribution is -2.19. The van der Waals surface area contributed by atoms with Crippen LogP contribution in [-0.4, -0.2) is 24.5 Å². The molecule has 0 bridgehead atoms. The molecular formula is C32H58N2. The van der Waals surface area contributed by atoms with Gasteiger partial charge in [0.2, 0.25) is 0 Å². The van der Waals surface area contributed by atoms with Gasteiger partial charge < -0.3 is 10.6 Å². The van der Waals surface area contributed by atoms with E-state index in [-0.39, 0.29) is 0 Å². The number of allylic oxidation sites excluding steroid dienone is 3. The number of hydrogen-bond acceptors (Lipinski definition) is 2. The van der Waals surface area contributed by atoms with Crippen molar-refractivity contribution in [3.8, 4) is 0 Å². The minimum atomic E-state index is 0.728. The van der Waals surface area contributed by atoms with Crippen LogP contribution in [0, 0.1) is 31.6 Å². The molecule has 1 saturated heterocycles. The molecule has 1 aliphatic rings. The first-order valence-electron chi connectivity index (χ1n) is 13.5. The summed E-state index contributed by atoms with van der Waals surface area (Å²) in [7, 11) is 0. The molecule has 1 aromatic carbocycles. The zero-order chi connectivity index (χ0) is 27.0. The molecule has 0 aliphatic carbocycles. The standard InChI is InChI=1S/C16H21N.C10H21N.C4H10.C2H6/c1-10(2)15(16(17)11(3)4)14-9-7-8-12(5)13(14)6;1-4-9-7-11(6-3)8-10(9)5-2;1-4(2)3;1-2/h7-9H,1,3,17H2,2,4-6H3;9-10H,4-8H2,1-3H3;4H,1-3H3;1-2H3/b16-15+;;;. The number of rotatable bonds is 6. The Bertz CT molecular complexity index is 740. The number of aryl methyl sites for hydroxylation is 1. The highest BCUT2D eigenvalue weighted by molar-refractivity contribution is 5.84. The summed E-state index contributed by atoms with van der Waals surface area (Å²) >= 11 is 0. The number of nitrogens with zero attached hydrogens (tertiary/aromatic N) is 1. The van der Waals surface area contributed by atoms with Gasteiger partial charge in [-0.25, -0.2) is 0 Å². The molecule has 0 amide bonds. The predicted molar refractivity (Wildman–Crippen MR) is 158 cm³/mol. The van der Waals surface area contributed by atoms with E-state index in [1.54, 1.807) is 0 Å². The van der Waals surface area contributed by atoms with Gasteiger partial charge in [-0.05, 0) is 79.8 Å². The fraction of sp³-hybridized carbons (Fsp3) is 0.625. The second-order valence-corrected chi connectivity index (χ2v) is 10.0. The summed E-state index contributed by atoms with van der Waals surface area (Å²) in [6, 6.07) is 6.24. The average molecular weight is 471 g/mol. The molecule has 2 rings (SSSR count). The molecule has 2 nitrogen and oxygen atoms in total. The molecule has 2 heteroatoms. The van der Waals surface area contributed by atoms with Gasteiger partial charge in [0.25, 0.3) is 0 Å². The van der Waals surface area contributed by atoms with Gasteiger partial charge in [-0.2, -0.15) is 0 Å². The maximum absolute atomic E-state index is 6.13. The Hall–Kier alpha value is -1.80. The van der Waals surface area contributed by atoms with E-state index in [4.69, 9.17) is 5.73 Å². The zero-order valence-corrected chi connectivity index (χ0v) is 24.9. The predicted octanol–water partition coefficient (Wildman–Crippen LogP) is 9.19. The first kappa shape index (κ1) is 34.4. The van der Waals surface area contributed by atoms with Crippen LogP contribution in [0.15, 0.2) is 48.2 Å². The lowest BCUT2D eigenvalue weighted by atomic mass is 9.90. The second kappa shape index (κ2) is 18.5. The van der Waals surface area contributed by atoms with E-state index in [1.165, 1.54) is 43.6 Å². The lowest BCUT2D eigenvalue weighted by Gasteiger charge is -2.16.